The maximum atomic E-state index is 9.70. The molecule has 0 N–H and O–H groups in total. The minimum atomic E-state index is -1.22. The molecule has 0 spiro atoms. The monoisotopic (exact) mass is 559 g/mol. The van der Waals surface area contributed by atoms with Gasteiger partial charge in [0, 0.05) is 24.6 Å². The number of hydrogen-bond donors (Lipinski definition) is 0. The van der Waals surface area contributed by atoms with Gasteiger partial charge in [-0.05, 0) is 68.4 Å². The summed E-state index contributed by atoms with van der Waals surface area (Å²) in [7, 11) is 0. The first-order valence-electron chi connectivity index (χ1n) is 15.5. The predicted molar refractivity (Wildman–Crippen MR) is 162 cm³/mol. The molecule has 0 saturated carbocycles. The van der Waals surface area contributed by atoms with E-state index in [1.165, 1.54) is 0 Å². The van der Waals surface area contributed by atoms with Crippen molar-refractivity contribution in [2.24, 2.45) is 0 Å². The predicted octanol–water partition coefficient (Wildman–Crippen LogP) is 10.3. The molecule has 0 radical (unpaired) electrons. The van der Waals surface area contributed by atoms with E-state index in [1.54, 1.807) is 11.3 Å². The third-order valence-corrected chi connectivity index (χ3v) is 9.15. The molecule has 1 unspecified atom stereocenters. The van der Waals surface area contributed by atoms with Crippen LogP contribution in [0.2, 0.25) is 0 Å². The summed E-state index contributed by atoms with van der Waals surface area (Å²) in [5, 5.41) is 2.01. The number of halogens is 1. The van der Waals surface area contributed by atoms with Crippen molar-refractivity contribution >= 4 is 58.2 Å². The van der Waals surface area contributed by atoms with E-state index in [0.29, 0.717) is 0 Å². The lowest BCUT2D eigenvalue weighted by Crippen LogP contribution is -2.28. The molecule has 1 aliphatic carbocycles. The van der Waals surface area contributed by atoms with Crippen molar-refractivity contribution in [3.05, 3.63) is 154 Å². The summed E-state index contributed by atoms with van der Waals surface area (Å²) in [6, 6.07) is 25.9. The van der Waals surface area contributed by atoms with Crippen LogP contribution in [-0.4, -0.2) is 0 Å². The Hall–Kier alpha value is -3.72. The van der Waals surface area contributed by atoms with Crippen LogP contribution in [0.1, 0.15) is 31.8 Å². The average molecular weight is 561 g/mol. The van der Waals surface area contributed by atoms with E-state index in [1.807, 2.05) is 66.7 Å². The van der Waals surface area contributed by atoms with Crippen LogP contribution in [-0.2, 0) is 5.41 Å². The van der Waals surface area contributed by atoms with E-state index in [0.717, 1.165) is 52.5 Å². The fourth-order valence-electron chi connectivity index (χ4n) is 5.96. The molecule has 8 rings (SSSR count). The third-order valence-electron chi connectivity index (χ3n) is 7.44. The Morgan fingerprint density at radius 2 is 1.41 bits per heavy atom. The lowest BCUT2D eigenvalue weighted by atomic mass is 9.67. The lowest BCUT2D eigenvalue weighted by molar-refractivity contribution is 0.779. The van der Waals surface area contributed by atoms with Crippen molar-refractivity contribution in [2.45, 2.75) is 5.41 Å². The van der Waals surface area contributed by atoms with E-state index in [4.69, 9.17) is 5.48 Å². The molecule has 1 heterocycles. The van der Waals surface area contributed by atoms with E-state index in [9.17, 15) is 4.11 Å². The first kappa shape index (κ1) is 15.5. The smallest absolute Gasteiger partial charge is 0.0727 e. The number of fused-ring (bicyclic) bond motifs is 7. The van der Waals surface area contributed by atoms with Gasteiger partial charge in [-0.15, -0.1) is 11.3 Å². The highest BCUT2D eigenvalue weighted by Gasteiger charge is 2.47. The number of benzene rings is 6. The SMILES string of the molecule is [2H]c1c([2H])c([2H])c2c([2H])c(C3(c4cccc5c4sc4ccccc45)c4ccccc4-c4cc(Br)ccc43)c([2H])c([2H])c2c1[2H]. The fourth-order valence-corrected chi connectivity index (χ4v) is 7.60. The second kappa shape index (κ2) is 7.89. The van der Waals surface area contributed by atoms with Gasteiger partial charge in [0.05, 0.1) is 15.0 Å². The molecule has 0 amide bonds. The van der Waals surface area contributed by atoms with Crippen LogP contribution in [0.5, 0.6) is 0 Å². The molecule has 37 heavy (non-hydrogen) atoms. The van der Waals surface area contributed by atoms with E-state index >= 15 is 0 Å². The van der Waals surface area contributed by atoms with Gasteiger partial charge < -0.3 is 0 Å². The van der Waals surface area contributed by atoms with Crippen LogP contribution in [0.3, 0.4) is 0 Å². The van der Waals surface area contributed by atoms with E-state index in [2.05, 4.69) is 34.1 Å². The van der Waals surface area contributed by atoms with Crippen LogP contribution in [0.15, 0.2) is 132 Å². The molecule has 174 valence electrons. The van der Waals surface area contributed by atoms with Gasteiger partial charge in [-0.25, -0.2) is 0 Å². The van der Waals surface area contributed by atoms with E-state index < -0.39 is 23.5 Å². The molecule has 0 bridgehead atoms. The summed E-state index contributed by atoms with van der Waals surface area (Å²) in [4.78, 5) is 0. The lowest BCUT2D eigenvalue weighted by Gasteiger charge is -2.34. The molecule has 0 aliphatic heterocycles. The highest BCUT2D eigenvalue weighted by atomic mass is 79.9. The number of thiophene rings is 1. The topological polar surface area (TPSA) is 0 Å². The molecule has 1 atom stereocenters. The summed E-state index contributed by atoms with van der Waals surface area (Å²) in [5.41, 5.74) is 3.48. The van der Waals surface area contributed by atoms with Crippen LogP contribution < -0.4 is 0 Å². The van der Waals surface area contributed by atoms with Gasteiger partial charge in [0.2, 0.25) is 0 Å². The molecule has 6 aromatic carbocycles. The fraction of sp³-hybridized carbons (Fsp3) is 0.0286. The summed E-state index contributed by atoms with van der Waals surface area (Å²) in [6.45, 7) is 0. The Balaban J connectivity index is 1.67. The Bertz CT molecular complexity index is 2400. The molecular weight excluding hydrogens is 532 g/mol. The molecular formula is C35H21BrS. The third kappa shape index (κ3) is 2.89. The first-order chi connectivity index (χ1) is 21.2. The zero-order valence-electron chi connectivity index (χ0n) is 26.4. The minimum absolute atomic E-state index is 0.0436. The van der Waals surface area contributed by atoms with Gasteiger partial charge >= 0.3 is 0 Å². The largest absolute Gasteiger partial charge is 0.135 e. The van der Waals surface area contributed by atoms with Crippen molar-refractivity contribution in [3.8, 4) is 11.1 Å². The van der Waals surface area contributed by atoms with Gasteiger partial charge in [0.1, 0.15) is 0 Å². The Labute approximate surface area is 237 Å². The van der Waals surface area contributed by atoms with E-state index in [-0.39, 0.29) is 40.5 Å². The second-order valence-corrected chi connectivity index (χ2v) is 11.2. The minimum Gasteiger partial charge on any atom is -0.135 e. The normalized spacial score (nSPS) is 19.0. The standard InChI is InChI=1S/C35H21BrS/c36-25-18-19-31-29(21-25)26-10-3-5-13-30(26)35(31,24-17-16-22-8-1-2-9-23(22)20-24)32-14-7-12-28-27-11-4-6-15-33(27)37-34(28)32/h1-21H/i1D,2D,8D,9D,16D,17D,20D. The van der Waals surface area contributed by atoms with Gasteiger partial charge in [-0.3, -0.25) is 0 Å². The zero-order valence-corrected chi connectivity index (χ0v) is 21.8. The molecule has 7 aromatic rings. The van der Waals surface area contributed by atoms with Crippen LogP contribution >= 0.6 is 27.3 Å². The van der Waals surface area contributed by atoms with Crippen LogP contribution in [0.25, 0.3) is 42.1 Å². The molecule has 1 aromatic heterocycles. The quantitative estimate of drug-likeness (QED) is 0.197. The van der Waals surface area contributed by atoms with Crippen molar-refractivity contribution in [3.63, 3.8) is 0 Å². The summed E-state index contributed by atoms with van der Waals surface area (Å²) >= 11 is 5.30. The molecule has 2 heteroatoms. The maximum absolute atomic E-state index is 9.70. The maximum Gasteiger partial charge on any atom is 0.0727 e. The first-order valence-corrected chi connectivity index (χ1v) is 13.6. The highest BCUT2D eigenvalue weighted by Crippen LogP contribution is 2.58. The Morgan fingerprint density at radius 1 is 0.649 bits per heavy atom. The van der Waals surface area contributed by atoms with Crippen LogP contribution in [0.4, 0.5) is 0 Å². The Kier molecular flexibility index (Phi) is 3.31. The number of rotatable bonds is 2. The van der Waals surface area contributed by atoms with Crippen molar-refractivity contribution in [1.82, 2.24) is 0 Å². The summed E-state index contributed by atoms with van der Waals surface area (Å²) in [6.07, 6.45) is 0. The van der Waals surface area contributed by atoms with Gasteiger partial charge in [0.15, 0.2) is 0 Å². The van der Waals surface area contributed by atoms with Crippen molar-refractivity contribution in [2.75, 3.05) is 0 Å². The number of hydrogen-bond acceptors (Lipinski definition) is 1. The van der Waals surface area contributed by atoms with Crippen molar-refractivity contribution < 1.29 is 9.60 Å². The second-order valence-electron chi connectivity index (χ2n) is 9.27. The zero-order chi connectivity index (χ0) is 30.7. The van der Waals surface area contributed by atoms with Crippen LogP contribution in [0, 0.1) is 0 Å². The summed E-state index contributed by atoms with van der Waals surface area (Å²) in [5.74, 6) is 0. The van der Waals surface area contributed by atoms with Gasteiger partial charge in [0.25, 0.3) is 0 Å². The molecule has 1 aliphatic rings. The van der Waals surface area contributed by atoms with Gasteiger partial charge in [-0.1, -0.05) is 119 Å². The average Bonchev–Trinajstić information content (AvgIpc) is 3.55. The molecule has 0 nitrogen and oxygen atoms in total. The highest BCUT2D eigenvalue weighted by molar-refractivity contribution is 9.10. The molecule has 0 saturated heterocycles. The van der Waals surface area contributed by atoms with Crippen molar-refractivity contribution in [1.29, 1.82) is 0 Å². The molecule has 0 fully saturated rings. The Morgan fingerprint density at radius 3 is 2.35 bits per heavy atom. The van der Waals surface area contributed by atoms with Gasteiger partial charge in [-0.2, -0.15) is 0 Å². The summed E-state index contributed by atoms with van der Waals surface area (Å²) < 4.78 is 65.5.